The molecule has 31 heavy (non-hydrogen) atoms. The summed E-state index contributed by atoms with van der Waals surface area (Å²) in [5.41, 5.74) is 1.62. The molecular weight excluding hydrogens is 394 g/mol. The van der Waals surface area contributed by atoms with Gasteiger partial charge >= 0.3 is 6.09 Å². The first-order chi connectivity index (χ1) is 14.1. The monoisotopic (exact) mass is 433 g/mol. The number of nitrogens with zero attached hydrogens (tertiary/aromatic N) is 1. The number of benzene rings is 1. The van der Waals surface area contributed by atoms with Gasteiger partial charge < -0.3 is 20.3 Å². The van der Waals surface area contributed by atoms with Crippen LogP contribution in [0.5, 0.6) is 0 Å². The largest absolute Gasteiger partial charge is 0.444 e. The van der Waals surface area contributed by atoms with Gasteiger partial charge in [-0.3, -0.25) is 9.59 Å². The standard InChI is InChI=1S/C24H39N3O4/c1-11-27(21(29)17(4)25-22(30)31-24(8,9)10)19(20(28)26-23(5,6)7)18-14-12-13-15(2)16(18)3/h12-14,17,19H,11H2,1-10H3,(H,25,30)(H,26,28). The lowest BCUT2D eigenvalue weighted by Crippen LogP contribution is -2.53. The smallest absolute Gasteiger partial charge is 0.408 e. The molecule has 3 amide bonds. The maximum Gasteiger partial charge on any atom is 0.408 e. The number of amides is 3. The molecule has 2 unspecified atom stereocenters. The van der Waals surface area contributed by atoms with Gasteiger partial charge in [-0.1, -0.05) is 18.2 Å². The number of nitrogens with one attached hydrogen (secondary N) is 2. The van der Waals surface area contributed by atoms with Crippen LogP contribution >= 0.6 is 0 Å². The minimum atomic E-state index is -0.857. The molecule has 0 saturated heterocycles. The average molecular weight is 434 g/mol. The molecule has 1 rings (SSSR count). The van der Waals surface area contributed by atoms with Gasteiger partial charge in [0.15, 0.2) is 0 Å². The van der Waals surface area contributed by atoms with Crippen LogP contribution in [0, 0.1) is 13.8 Å². The second-order valence-electron chi connectivity index (χ2n) is 9.92. The van der Waals surface area contributed by atoms with Crippen molar-refractivity contribution in [1.82, 2.24) is 15.5 Å². The minimum absolute atomic E-state index is 0.263. The Morgan fingerprint density at radius 2 is 1.65 bits per heavy atom. The molecule has 0 heterocycles. The van der Waals surface area contributed by atoms with E-state index < -0.39 is 29.3 Å². The summed E-state index contributed by atoms with van der Waals surface area (Å²) in [6.07, 6.45) is -0.674. The molecule has 0 aliphatic carbocycles. The summed E-state index contributed by atoms with van der Waals surface area (Å²) in [7, 11) is 0. The molecule has 2 N–H and O–H groups in total. The van der Waals surface area contributed by atoms with Crippen molar-refractivity contribution in [2.45, 2.75) is 92.5 Å². The number of hydrogen-bond donors (Lipinski definition) is 2. The number of alkyl carbamates (subject to hydrolysis) is 1. The van der Waals surface area contributed by atoms with E-state index in [9.17, 15) is 14.4 Å². The van der Waals surface area contributed by atoms with Gasteiger partial charge in [0.25, 0.3) is 0 Å². The van der Waals surface area contributed by atoms with E-state index in [1.807, 2.05) is 59.7 Å². The van der Waals surface area contributed by atoms with Crippen molar-refractivity contribution >= 4 is 17.9 Å². The summed E-state index contributed by atoms with van der Waals surface area (Å²) in [6, 6.07) is 4.05. The van der Waals surface area contributed by atoms with E-state index in [1.165, 1.54) is 4.90 Å². The van der Waals surface area contributed by atoms with E-state index in [-0.39, 0.29) is 11.8 Å². The molecule has 0 aliphatic rings. The van der Waals surface area contributed by atoms with Crippen LogP contribution in [0.2, 0.25) is 0 Å². The molecule has 1 aromatic carbocycles. The first kappa shape index (κ1) is 26.5. The van der Waals surface area contributed by atoms with Gasteiger partial charge in [0.1, 0.15) is 17.7 Å². The molecule has 0 spiro atoms. The Kier molecular flexibility index (Phi) is 8.67. The highest BCUT2D eigenvalue weighted by Crippen LogP contribution is 2.27. The topological polar surface area (TPSA) is 87.7 Å². The summed E-state index contributed by atoms with van der Waals surface area (Å²) < 4.78 is 5.27. The number of carbonyl (C=O) groups is 3. The van der Waals surface area contributed by atoms with Crippen LogP contribution < -0.4 is 10.6 Å². The fraction of sp³-hybridized carbons (Fsp3) is 0.625. The molecule has 0 aliphatic heterocycles. The van der Waals surface area contributed by atoms with Crippen molar-refractivity contribution in [3.8, 4) is 0 Å². The molecule has 174 valence electrons. The lowest BCUT2D eigenvalue weighted by Gasteiger charge is -2.35. The third-order valence-corrected chi connectivity index (χ3v) is 4.73. The maximum absolute atomic E-state index is 13.3. The highest BCUT2D eigenvalue weighted by atomic mass is 16.6. The van der Waals surface area contributed by atoms with Crippen molar-refractivity contribution in [2.75, 3.05) is 6.54 Å². The van der Waals surface area contributed by atoms with Crippen LogP contribution in [0.4, 0.5) is 4.79 Å². The Hall–Kier alpha value is -2.57. The highest BCUT2D eigenvalue weighted by Gasteiger charge is 2.35. The number of aryl methyl sites for hydroxylation is 1. The summed E-state index contributed by atoms with van der Waals surface area (Å²) in [5, 5.41) is 5.59. The average Bonchev–Trinajstić information content (AvgIpc) is 2.58. The van der Waals surface area contributed by atoms with Gasteiger partial charge in [-0.2, -0.15) is 0 Å². The second kappa shape index (κ2) is 10.2. The summed E-state index contributed by atoms with van der Waals surface area (Å²) >= 11 is 0. The Bertz CT molecular complexity index is 806. The fourth-order valence-corrected chi connectivity index (χ4v) is 3.22. The summed E-state index contributed by atoms with van der Waals surface area (Å²) in [4.78, 5) is 40.3. The van der Waals surface area contributed by atoms with Gasteiger partial charge in [0, 0.05) is 12.1 Å². The van der Waals surface area contributed by atoms with Gasteiger partial charge in [-0.15, -0.1) is 0 Å². The van der Waals surface area contributed by atoms with E-state index in [0.29, 0.717) is 6.54 Å². The number of carbonyl (C=O) groups excluding carboxylic acids is 3. The van der Waals surface area contributed by atoms with E-state index in [0.717, 1.165) is 16.7 Å². The van der Waals surface area contributed by atoms with Gasteiger partial charge in [-0.25, -0.2) is 4.79 Å². The van der Waals surface area contributed by atoms with E-state index >= 15 is 0 Å². The highest BCUT2D eigenvalue weighted by molar-refractivity contribution is 5.92. The molecule has 0 aromatic heterocycles. The van der Waals surface area contributed by atoms with Crippen molar-refractivity contribution in [3.63, 3.8) is 0 Å². The van der Waals surface area contributed by atoms with Crippen molar-refractivity contribution in [2.24, 2.45) is 0 Å². The number of hydrogen-bond acceptors (Lipinski definition) is 4. The summed E-state index contributed by atoms with van der Waals surface area (Å²) in [5.74, 6) is -0.621. The first-order valence-corrected chi connectivity index (χ1v) is 10.8. The minimum Gasteiger partial charge on any atom is -0.444 e. The Morgan fingerprint density at radius 3 is 2.13 bits per heavy atom. The molecule has 7 nitrogen and oxygen atoms in total. The van der Waals surface area contributed by atoms with Crippen LogP contribution in [-0.2, 0) is 14.3 Å². The zero-order valence-corrected chi connectivity index (χ0v) is 20.7. The molecular formula is C24H39N3O4. The normalized spacial score (nSPS) is 13.7. The maximum atomic E-state index is 13.3. The van der Waals surface area contributed by atoms with Crippen LogP contribution in [0.1, 0.15) is 78.1 Å². The lowest BCUT2D eigenvalue weighted by atomic mass is 9.94. The Morgan fingerprint density at radius 1 is 1.06 bits per heavy atom. The zero-order chi connectivity index (χ0) is 24.1. The van der Waals surface area contributed by atoms with E-state index in [2.05, 4.69) is 10.6 Å². The third-order valence-electron chi connectivity index (χ3n) is 4.73. The molecule has 0 radical (unpaired) electrons. The molecule has 0 bridgehead atoms. The van der Waals surface area contributed by atoms with Crippen LogP contribution in [0.15, 0.2) is 18.2 Å². The predicted octanol–water partition coefficient (Wildman–Crippen LogP) is 4.02. The van der Waals surface area contributed by atoms with Crippen molar-refractivity contribution in [1.29, 1.82) is 0 Å². The van der Waals surface area contributed by atoms with Crippen LogP contribution in [-0.4, -0.2) is 46.5 Å². The first-order valence-electron chi connectivity index (χ1n) is 10.8. The Balaban J connectivity index is 3.30. The van der Waals surface area contributed by atoms with Crippen molar-refractivity contribution in [3.05, 3.63) is 34.9 Å². The third kappa shape index (κ3) is 7.89. The van der Waals surface area contributed by atoms with Crippen LogP contribution in [0.25, 0.3) is 0 Å². The lowest BCUT2D eigenvalue weighted by molar-refractivity contribution is -0.142. The predicted molar refractivity (Wildman–Crippen MR) is 123 cm³/mol. The SMILES string of the molecule is CCN(C(=O)C(C)NC(=O)OC(C)(C)C)C(C(=O)NC(C)(C)C)c1cccc(C)c1C. The number of ether oxygens (including phenoxy) is 1. The van der Waals surface area contributed by atoms with Gasteiger partial charge in [0.2, 0.25) is 11.8 Å². The van der Waals surface area contributed by atoms with E-state index in [1.54, 1.807) is 27.7 Å². The molecule has 1 aromatic rings. The molecule has 2 atom stereocenters. The molecule has 0 fully saturated rings. The molecule has 7 heteroatoms. The van der Waals surface area contributed by atoms with Gasteiger partial charge in [0.05, 0.1) is 0 Å². The summed E-state index contributed by atoms with van der Waals surface area (Å²) in [6.45, 7) is 18.6. The van der Waals surface area contributed by atoms with Crippen LogP contribution in [0.3, 0.4) is 0 Å². The Labute approximate surface area is 186 Å². The van der Waals surface area contributed by atoms with E-state index in [4.69, 9.17) is 4.74 Å². The zero-order valence-electron chi connectivity index (χ0n) is 20.7. The second-order valence-corrected chi connectivity index (χ2v) is 9.92. The van der Waals surface area contributed by atoms with Gasteiger partial charge in [-0.05, 0) is 85.9 Å². The number of likely N-dealkylation sites (N-methyl/N-ethyl adjacent to an activating group) is 1. The fourth-order valence-electron chi connectivity index (χ4n) is 3.22. The molecule has 0 saturated carbocycles. The number of rotatable bonds is 6. The quantitative estimate of drug-likeness (QED) is 0.709. The van der Waals surface area contributed by atoms with Crippen molar-refractivity contribution < 1.29 is 19.1 Å².